The summed E-state index contributed by atoms with van der Waals surface area (Å²) in [6, 6.07) is 5.74. The first kappa shape index (κ1) is 12.0. The van der Waals surface area contributed by atoms with Crippen LogP contribution in [0.4, 0.5) is 10.2 Å². The third kappa shape index (κ3) is 2.02. The van der Waals surface area contributed by atoms with Gasteiger partial charge in [-0.25, -0.2) is 9.07 Å². The van der Waals surface area contributed by atoms with Crippen LogP contribution in [-0.4, -0.2) is 16.1 Å². The van der Waals surface area contributed by atoms with Gasteiger partial charge in [0.2, 0.25) is 0 Å². The number of hydrogen-bond acceptors (Lipinski definition) is 3. The second-order valence-corrected chi connectivity index (χ2v) is 3.74. The Balaban J connectivity index is 2.56. The number of nitrogens with two attached hydrogens (primary N) is 1. The summed E-state index contributed by atoms with van der Waals surface area (Å²) in [6.07, 6.45) is 2.28. The lowest BCUT2D eigenvalue weighted by molar-refractivity contribution is 0.112. The Morgan fingerprint density at radius 2 is 2.06 bits per heavy atom. The lowest BCUT2D eigenvalue weighted by Crippen LogP contribution is -2.03. The molecule has 0 saturated heterocycles. The van der Waals surface area contributed by atoms with E-state index < -0.39 is 0 Å². The number of carbonyl (C=O) groups is 1. The fraction of sp³-hybridized carbons (Fsp3) is 0.0769. The zero-order valence-electron chi connectivity index (χ0n) is 9.64. The highest BCUT2D eigenvalue weighted by molar-refractivity contribution is 5.91. The van der Waals surface area contributed by atoms with E-state index in [-0.39, 0.29) is 11.6 Å². The predicted octanol–water partition coefficient (Wildman–Crippen LogP) is 2.27. The van der Waals surface area contributed by atoms with Crippen molar-refractivity contribution in [2.24, 2.45) is 0 Å². The zero-order chi connectivity index (χ0) is 13.1. The molecule has 0 unspecified atom stereocenters. The Labute approximate surface area is 104 Å². The highest BCUT2D eigenvalue weighted by atomic mass is 19.1. The van der Waals surface area contributed by atoms with Crippen LogP contribution in [0, 0.1) is 5.82 Å². The van der Waals surface area contributed by atoms with Gasteiger partial charge in [-0.1, -0.05) is 6.08 Å². The normalized spacial score (nSPS) is 10.3. The standard InChI is InChI=1S/C13H12FN3O/c1-2-7-17-13(15)11(8-18)12(16-17)9-3-5-10(14)6-4-9/h2-6,8H,1,7,15H2. The van der Waals surface area contributed by atoms with E-state index in [0.29, 0.717) is 29.7 Å². The average molecular weight is 245 g/mol. The van der Waals surface area contributed by atoms with Crippen molar-refractivity contribution in [3.63, 3.8) is 0 Å². The molecular weight excluding hydrogens is 233 g/mol. The number of halogens is 1. The minimum atomic E-state index is -0.343. The summed E-state index contributed by atoms with van der Waals surface area (Å²) in [5.74, 6) is -0.0610. The van der Waals surface area contributed by atoms with E-state index in [9.17, 15) is 9.18 Å². The van der Waals surface area contributed by atoms with Crippen molar-refractivity contribution in [1.29, 1.82) is 0 Å². The van der Waals surface area contributed by atoms with E-state index in [0.717, 1.165) is 0 Å². The SMILES string of the molecule is C=CCn1nc(-c2ccc(F)cc2)c(C=O)c1N. The van der Waals surface area contributed by atoms with Crippen LogP contribution in [0.1, 0.15) is 10.4 Å². The van der Waals surface area contributed by atoms with E-state index in [2.05, 4.69) is 11.7 Å². The molecule has 0 radical (unpaired) electrons. The minimum Gasteiger partial charge on any atom is -0.383 e. The molecule has 0 atom stereocenters. The molecule has 2 aromatic rings. The van der Waals surface area contributed by atoms with Crippen LogP contribution in [0.5, 0.6) is 0 Å². The van der Waals surface area contributed by atoms with Gasteiger partial charge in [0.25, 0.3) is 0 Å². The second kappa shape index (κ2) is 4.83. The van der Waals surface area contributed by atoms with Gasteiger partial charge in [0.15, 0.2) is 6.29 Å². The van der Waals surface area contributed by atoms with E-state index in [1.807, 2.05) is 0 Å². The first-order chi connectivity index (χ1) is 8.67. The van der Waals surface area contributed by atoms with Crippen LogP contribution < -0.4 is 5.73 Å². The molecule has 2 N–H and O–H groups in total. The monoisotopic (exact) mass is 245 g/mol. The molecule has 5 heteroatoms. The maximum atomic E-state index is 12.9. The van der Waals surface area contributed by atoms with Crippen LogP contribution >= 0.6 is 0 Å². The highest BCUT2D eigenvalue weighted by Crippen LogP contribution is 2.25. The molecule has 0 bridgehead atoms. The highest BCUT2D eigenvalue weighted by Gasteiger charge is 2.15. The van der Waals surface area contributed by atoms with Crippen LogP contribution in [-0.2, 0) is 6.54 Å². The molecule has 0 aliphatic rings. The number of carbonyl (C=O) groups excluding carboxylic acids is 1. The molecule has 4 nitrogen and oxygen atoms in total. The summed E-state index contributed by atoms with van der Waals surface area (Å²) < 4.78 is 14.3. The molecule has 0 fully saturated rings. The van der Waals surface area contributed by atoms with Crippen molar-refractivity contribution in [2.75, 3.05) is 5.73 Å². The smallest absolute Gasteiger partial charge is 0.156 e. The topological polar surface area (TPSA) is 60.9 Å². The van der Waals surface area contributed by atoms with Gasteiger partial charge < -0.3 is 5.73 Å². The molecule has 0 spiro atoms. The summed E-state index contributed by atoms with van der Waals surface area (Å²) in [6.45, 7) is 4.00. The van der Waals surface area contributed by atoms with Gasteiger partial charge in [0, 0.05) is 5.56 Å². The largest absolute Gasteiger partial charge is 0.383 e. The first-order valence-corrected chi connectivity index (χ1v) is 5.35. The van der Waals surface area contributed by atoms with Crippen LogP contribution in [0.25, 0.3) is 11.3 Å². The molecule has 0 saturated carbocycles. The van der Waals surface area contributed by atoms with Crippen LogP contribution in [0.15, 0.2) is 36.9 Å². The minimum absolute atomic E-state index is 0.282. The summed E-state index contributed by atoms with van der Waals surface area (Å²) in [5.41, 5.74) is 7.22. The van der Waals surface area contributed by atoms with E-state index >= 15 is 0 Å². The van der Waals surface area contributed by atoms with Crippen molar-refractivity contribution in [3.05, 3.63) is 48.3 Å². The van der Waals surface area contributed by atoms with Crippen molar-refractivity contribution >= 4 is 12.1 Å². The number of nitrogens with zero attached hydrogens (tertiary/aromatic N) is 2. The number of aldehydes is 1. The number of aromatic nitrogens is 2. The van der Waals surface area contributed by atoms with Gasteiger partial charge >= 0.3 is 0 Å². The fourth-order valence-electron chi connectivity index (χ4n) is 1.69. The average Bonchev–Trinajstić information content (AvgIpc) is 2.68. The Bertz CT molecular complexity index is 587. The lowest BCUT2D eigenvalue weighted by atomic mass is 10.1. The summed E-state index contributed by atoms with van der Waals surface area (Å²) in [5, 5.41) is 4.24. The third-order valence-electron chi connectivity index (χ3n) is 2.57. The summed E-state index contributed by atoms with van der Waals surface area (Å²) >= 11 is 0. The predicted molar refractivity (Wildman–Crippen MR) is 67.6 cm³/mol. The molecule has 0 amide bonds. The Morgan fingerprint density at radius 1 is 1.39 bits per heavy atom. The van der Waals surface area contributed by atoms with Gasteiger partial charge in [-0.3, -0.25) is 4.79 Å². The molecule has 1 aromatic carbocycles. The summed E-state index contributed by atoms with van der Waals surface area (Å²) in [4.78, 5) is 11.1. The number of allylic oxidation sites excluding steroid dienone is 1. The molecule has 0 aliphatic carbocycles. The van der Waals surface area contributed by atoms with Gasteiger partial charge in [-0.2, -0.15) is 5.10 Å². The Morgan fingerprint density at radius 3 is 2.61 bits per heavy atom. The van der Waals surface area contributed by atoms with Crippen LogP contribution in [0.2, 0.25) is 0 Å². The number of benzene rings is 1. The van der Waals surface area contributed by atoms with Gasteiger partial charge in [0.1, 0.15) is 17.3 Å². The fourth-order valence-corrected chi connectivity index (χ4v) is 1.69. The van der Waals surface area contributed by atoms with Gasteiger partial charge in [-0.05, 0) is 24.3 Å². The molecular formula is C13H12FN3O. The van der Waals surface area contributed by atoms with E-state index in [4.69, 9.17) is 5.73 Å². The number of hydrogen-bond donors (Lipinski definition) is 1. The molecule has 1 aromatic heterocycles. The second-order valence-electron chi connectivity index (χ2n) is 3.74. The number of rotatable bonds is 4. The molecule has 1 heterocycles. The molecule has 0 aliphatic heterocycles. The Kier molecular flexibility index (Phi) is 3.23. The maximum Gasteiger partial charge on any atom is 0.156 e. The van der Waals surface area contributed by atoms with Crippen molar-refractivity contribution in [2.45, 2.75) is 6.54 Å². The van der Waals surface area contributed by atoms with E-state index in [1.165, 1.54) is 16.8 Å². The van der Waals surface area contributed by atoms with Gasteiger partial charge in [-0.15, -0.1) is 6.58 Å². The quantitative estimate of drug-likeness (QED) is 0.664. The van der Waals surface area contributed by atoms with E-state index in [1.54, 1.807) is 18.2 Å². The van der Waals surface area contributed by atoms with Crippen molar-refractivity contribution < 1.29 is 9.18 Å². The maximum absolute atomic E-state index is 12.9. The van der Waals surface area contributed by atoms with Gasteiger partial charge in [0.05, 0.1) is 12.1 Å². The lowest BCUT2D eigenvalue weighted by Gasteiger charge is -1.97. The summed E-state index contributed by atoms with van der Waals surface area (Å²) in [7, 11) is 0. The first-order valence-electron chi connectivity index (χ1n) is 5.35. The number of nitrogen functional groups attached to an aromatic ring is 1. The van der Waals surface area contributed by atoms with Crippen molar-refractivity contribution in [1.82, 2.24) is 9.78 Å². The molecule has 92 valence electrons. The van der Waals surface area contributed by atoms with Crippen molar-refractivity contribution in [3.8, 4) is 11.3 Å². The third-order valence-corrected chi connectivity index (χ3v) is 2.57. The zero-order valence-corrected chi connectivity index (χ0v) is 9.64. The Hall–Kier alpha value is -2.43. The van der Waals surface area contributed by atoms with Crippen LogP contribution in [0.3, 0.4) is 0 Å². The molecule has 2 rings (SSSR count). The number of anilines is 1. The molecule has 18 heavy (non-hydrogen) atoms.